The van der Waals surface area contributed by atoms with E-state index in [1.807, 2.05) is 16.8 Å². The fourth-order valence-corrected chi connectivity index (χ4v) is 2.66. The van der Waals surface area contributed by atoms with Crippen molar-refractivity contribution in [3.63, 3.8) is 0 Å². The Hall–Kier alpha value is -1.13. The van der Waals surface area contributed by atoms with E-state index in [0.717, 1.165) is 35.2 Å². The Morgan fingerprint density at radius 1 is 1.32 bits per heavy atom. The lowest BCUT2D eigenvalue weighted by molar-refractivity contribution is 0.564. The molecule has 0 saturated carbocycles. The highest BCUT2D eigenvalue weighted by Gasteiger charge is 2.15. The maximum atomic E-state index is 6.36. The van der Waals surface area contributed by atoms with Crippen LogP contribution >= 0.6 is 15.9 Å². The summed E-state index contributed by atoms with van der Waals surface area (Å²) in [5, 5.41) is 4.56. The molecule has 2 rings (SSSR count). The Kier molecular flexibility index (Phi) is 4.77. The van der Waals surface area contributed by atoms with E-state index in [2.05, 4.69) is 53.1 Å². The molecule has 0 aliphatic rings. The summed E-state index contributed by atoms with van der Waals surface area (Å²) in [6.07, 6.45) is 1.76. The fraction of sp³-hybridized carbons (Fsp3) is 0.400. The summed E-state index contributed by atoms with van der Waals surface area (Å²) in [4.78, 5) is 0. The molecule has 2 aromatic rings. The summed E-state index contributed by atoms with van der Waals surface area (Å²) < 4.78 is 3.13. The number of hydrogen-bond donors (Lipinski definition) is 1. The summed E-state index contributed by atoms with van der Waals surface area (Å²) in [7, 11) is 0. The van der Waals surface area contributed by atoms with Crippen molar-refractivity contribution in [2.24, 2.45) is 5.73 Å². The molecule has 1 unspecified atom stereocenters. The topological polar surface area (TPSA) is 43.8 Å². The van der Waals surface area contributed by atoms with E-state index < -0.39 is 0 Å². The second kappa shape index (κ2) is 6.35. The standard InChI is InChI=1S/C15H20BrN3/c1-3-12-10-15(19(4-2)18-12)14(17)9-11-7-5-6-8-13(11)16/h5-8,10,14H,3-4,9,17H2,1-2H3. The summed E-state index contributed by atoms with van der Waals surface area (Å²) in [6.45, 7) is 5.07. The predicted octanol–water partition coefficient (Wildman–Crippen LogP) is 3.47. The van der Waals surface area contributed by atoms with E-state index in [4.69, 9.17) is 5.73 Å². The van der Waals surface area contributed by atoms with Crippen LogP contribution in [0.4, 0.5) is 0 Å². The van der Waals surface area contributed by atoms with Crippen LogP contribution < -0.4 is 5.73 Å². The molecule has 0 amide bonds. The van der Waals surface area contributed by atoms with Gasteiger partial charge in [-0.15, -0.1) is 0 Å². The Bertz CT molecular complexity index is 548. The van der Waals surface area contributed by atoms with E-state index >= 15 is 0 Å². The molecule has 3 nitrogen and oxygen atoms in total. The van der Waals surface area contributed by atoms with Gasteiger partial charge in [0.25, 0.3) is 0 Å². The first kappa shape index (κ1) is 14.3. The maximum Gasteiger partial charge on any atom is 0.0625 e. The summed E-state index contributed by atoms with van der Waals surface area (Å²) in [5.74, 6) is 0. The molecule has 2 N–H and O–H groups in total. The zero-order chi connectivity index (χ0) is 13.8. The molecule has 1 aromatic carbocycles. The Morgan fingerprint density at radius 3 is 2.68 bits per heavy atom. The molecule has 0 radical (unpaired) electrons. The molecule has 4 heteroatoms. The van der Waals surface area contributed by atoms with Gasteiger partial charge in [-0.3, -0.25) is 4.68 Å². The molecular formula is C15H20BrN3. The minimum absolute atomic E-state index is 0.0218. The minimum atomic E-state index is -0.0218. The monoisotopic (exact) mass is 321 g/mol. The normalized spacial score (nSPS) is 12.6. The molecule has 1 heterocycles. The van der Waals surface area contributed by atoms with Crippen LogP contribution in [0.5, 0.6) is 0 Å². The average molecular weight is 322 g/mol. The number of nitrogens with two attached hydrogens (primary N) is 1. The molecule has 0 bridgehead atoms. The average Bonchev–Trinajstić information content (AvgIpc) is 2.84. The summed E-state index contributed by atoms with van der Waals surface area (Å²) in [5.41, 5.74) is 9.82. The van der Waals surface area contributed by atoms with Crippen molar-refractivity contribution in [2.75, 3.05) is 0 Å². The van der Waals surface area contributed by atoms with Crippen LogP contribution in [0.25, 0.3) is 0 Å². The van der Waals surface area contributed by atoms with Crippen LogP contribution in [0.15, 0.2) is 34.8 Å². The molecule has 19 heavy (non-hydrogen) atoms. The number of aryl methyl sites for hydroxylation is 2. The third-order valence-corrected chi connectivity index (χ3v) is 4.07. The van der Waals surface area contributed by atoms with Crippen molar-refractivity contribution >= 4 is 15.9 Å². The Labute approximate surface area is 122 Å². The van der Waals surface area contributed by atoms with Crippen molar-refractivity contribution in [1.29, 1.82) is 0 Å². The van der Waals surface area contributed by atoms with E-state index in [1.165, 1.54) is 5.56 Å². The van der Waals surface area contributed by atoms with Crippen molar-refractivity contribution in [3.05, 3.63) is 51.8 Å². The van der Waals surface area contributed by atoms with Gasteiger partial charge in [-0.1, -0.05) is 41.1 Å². The van der Waals surface area contributed by atoms with Gasteiger partial charge in [0.2, 0.25) is 0 Å². The maximum absolute atomic E-state index is 6.36. The smallest absolute Gasteiger partial charge is 0.0625 e. The van der Waals surface area contributed by atoms with Crippen LogP contribution in [0.2, 0.25) is 0 Å². The van der Waals surface area contributed by atoms with E-state index in [0.29, 0.717) is 0 Å². The van der Waals surface area contributed by atoms with Crippen molar-refractivity contribution in [2.45, 2.75) is 39.3 Å². The van der Waals surface area contributed by atoms with E-state index in [1.54, 1.807) is 0 Å². The first-order valence-electron chi connectivity index (χ1n) is 6.71. The molecule has 0 aliphatic carbocycles. The molecule has 0 saturated heterocycles. The van der Waals surface area contributed by atoms with E-state index in [-0.39, 0.29) is 6.04 Å². The van der Waals surface area contributed by atoms with Gasteiger partial charge in [0.05, 0.1) is 17.4 Å². The van der Waals surface area contributed by atoms with Gasteiger partial charge in [0, 0.05) is 11.0 Å². The minimum Gasteiger partial charge on any atom is -0.322 e. The first-order chi connectivity index (χ1) is 9.15. The third-order valence-electron chi connectivity index (χ3n) is 3.30. The number of benzene rings is 1. The summed E-state index contributed by atoms with van der Waals surface area (Å²) in [6, 6.07) is 10.3. The number of rotatable bonds is 5. The van der Waals surface area contributed by atoms with Crippen LogP contribution in [-0.4, -0.2) is 9.78 Å². The van der Waals surface area contributed by atoms with Gasteiger partial charge in [-0.05, 0) is 37.5 Å². The number of aromatic nitrogens is 2. The number of hydrogen-bond acceptors (Lipinski definition) is 2. The van der Waals surface area contributed by atoms with Crippen molar-refractivity contribution < 1.29 is 0 Å². The SMILES string of the molecule is CCc1cc(C(N)Cc2ccccc2Br)n(CC)n1. The molecule has 1 atom stereocenters. The third kappa shape index (κ3) is 3.25. The van der Waals surface area contributed by atoms with Gasteiger partial charge in [-0.25, -0.2) is 0 Å². The lowest BCUT2D eigenvalue weighted by atomic mass is 10.0. The highest BCUT2D eigenvalue weighted by molar-refractivity contribution is 9.10. The predicted molar refractivity (Wildman–Crippen MR) is 82.1 cm³/mol. The van der Waals surface area contributed by atoms with Crippen LogP contribution in [0.1, 0.15) is 36.8 Å². The number of nitrogens with zero attached hydrogens (tertiary/aromatic N) is 2. The van der Waals surface area contributed by atoms with Gasteiger partial charge in [-0.2, -0.15) is 5.10 Å². The largest absolute Gasteiger partial charge is 0.322 e. The molecular weight excluding hydrogens is 302 g/mol. The zero-order valence-corrected chi connectivity index (χ0v) is 13.0. The van der Waals surface area contributed by atoms with Gasteiger partial charge >= 0.3 is 0 Å². The molecule has 102 valence electrons. The lowest BCUT2D eigenvalue weighted by Crippen LogP contribution is -2.18. The highest BCUT2D eigenvalue weighted by Crippen LogP contribution is 2.23. The van der Waals surface area contributed by atoms with Gasteiger partial charge < -0.3 is 5.73 Å². The fourth-order valence-electron chi connectivity index (χ4n) is 2.22. The molecule has 0 aliphatic heterocycles. The highest BCUT2D eigenvalue weighted by atomic mass is 79.9. The van der Waals surface area contributed by atoms with Crippen LogP contribution in [-0.2, 0) is 19.4 Å². The van der Waals surface area contributed by atoms with Crippen molar-refractivity contribution in [3.8, 4) is 0 Å². The molecule has 0 spiro atoms. The van der Waals surface area contributed by atoms with E-state index in [9.17, 15) is 0 Å². The van der Waals surface area contributed by atoms with Gasteiger partial charge in [0.1, 0.15) is 0 Å². The van der Waals surface area contributed by atoms with Gasteiger partial charge in [0.15, 0.2) is 0 Å². The first-order valence-corrected chi connectivity index (χ1v) is 7.50. The summed E-state index contributed by atoms with van der Waals surface area (Å²) >= 11 is 3.57. The van der Waals surface area contributed by atoms with Crippen LogP contribution in [0, 0.1) is 0 Å². The Balaban J connectivity index is 2.22. The lowest BCUT2D eigenvalue weighted by Gasteiger charge is -2.14. The molecule has 0 fully saturated rings. The number of halogens is 1. The second-order valence-electron chi connectivity index (χ2n) is 4.63. The van der Waals surface area contributed by atoms with Crippen LogP contribution in [0.3, 0.4) is 0 Å². The zero-order valence-electron chi connectivity index (χ0n) is 11.4. The Morgan fingerprint density at radius 2 is 2.05 bits per heavy atom. The molecule has 1 aromatic heterocycles. The van der Waals surface area contributed by atoms with Crippen molar-refractivity contribution in [1.82, 2.24) is 9.78 Å². The second-order valence-corrected chi connectivity index (χ2v) is 5.49. The quantitative estimate of drug-likeness (QED) is 0.916.